The smallest absolute Gasteiger partial charge is 0.238 e. The van der Waals surface area contributed by atoms with Crippen LogP contribution in [0.25, 0.3) is 0 Å². The fourth-order valence-electron chi connectivity index (χ4n) is 4.97. The normalized spacial score (nSPS) is 21.8. The third-order valence-electron chi connectivity index (χ3n) is 6.89. The quantitative estimate of drug-likeness (QED) is 0.436. The van der Waals surface area contributed by atoms with Gasteiger partial charge in [-0.3, -0.25) is 25.0 Å². The first-order valence-electron chi connectivity index (χ1n) is 12.8. The topological polar surface area (TPSA) is 73.4 Å². The van der Waals surface area contributed by atoms with Crippen LogP contribution in [-0.2, 0) is 4.79 Å². The molecule has 1 amide bonds. The zero-order valence-corrected chi connectivity index (χ0v) is 21.3. The number of piperazine rings is 1. The number of pyridine rings is 2. The molecule has 2 fully saturated rings. The molecule has 2 aromatic heterocycles. The molecular weight excluding hydrogens is 468 g/mol. The number of carbonyl (C=O) groups excluding carboxylic acids is 1. The molecule has 5 rings (SSSR count). The highest BCUT2D eigenvalue weighted by Crippen LogP contribution is 2.32. The maximum Gasteiger partial charge on any atom is 0.238 e. The van der Waals surface area contributed by atoms with Gasteiger partial charge in [0, 0.05) is 57.1 Å². The summed E-state index contributed by atoms with van der Waals surface area (Å²) in [7, 11) is 0. The predicted octanol–water partition coefficient (Wildman–Crippen LogP) is 3.09. The Labute approximate surface area is 217 Å². The second kappa shape index (κ2) is 12.5. The summed E-state index contributed by atoms with van der Waals surface area (Å²) >= 11 is 1.76. The van der Waals surface area contributed by atoms with Gasteiger partial charge in [-0.05, 0) is 42.3 Å². The number of aromatic nitrogens is 2. The van der Waals surface area contributed by atoms with Crippen molar-refractivity contribution in [3.05, 3.63) is 96.1 Å². The van der Waals surface area contributed by atoms with Crippen LogP contribution in [0, 0.1) is 0 Å². The molecule has 188 valence electrons. The van der Waals surface area contributed by atoms with Crippen LogP contribution in [0.5, 0.6) is 0 Å². The van der Waals surface area contributed by atoms with Crippen molar-refractivity contribution in [2.24, 2.45) is 0 Å². The summed E-state index contributed by atoms with van der Waals surface area (Å²) in [5.41, 5.74) is 3.51. The molecule has 3 aromatic rings. The molecule has 4 heterocycles. The van der Waals surface area contributed by atoms with E-state index in [0.29, 0.717) is 6.54 Å². The van der Waals surface area contributed by atoms with Gasteiger partial charge in [-0.25, -0.2) is 0 Å². The molecule has 2 saturated heterocycles. The second-order valence-electron chi connectivity index (χ2n) is 9.31. The summed E-state index contributed by atoms with van der Waals surface area (Å²) in [6.45, 7) is 5.76. The van der Waals surface area contributed by atoms with Gasteiger partial charge in [0.15, 0.2) is 0 Å². The molecule has 1 aromatic carbocycles. The van der Waals surface area contributed by atoms with Gasteiger partial charge in [-0.2, -0.15) is 0 Å². The molecule has 3 atom stereocenters. The molecule has 0 radical (unpaired) electrons. The average molecular weight is 503 g/mol. The molecule has 2 aliphatic heterocycles. The van der Waals surface area contributed by atoms with Gasteiger partial charge in [-0.1, -0.05) is 42.5 Å². The number of nitrogens with one attached hydrogen (secondary N) is 2. The standard InChI is InChI=1S/C28H34N6OS/c35-27(25-21-36-28(32-25)23-10-6-12-29-20-23)31-14-7-15-33-16-18-34(19-17-33)26(22-8-2-1-3-9-22)24-11-4-5-13-30-24/h1-6,8-13,20,25-26,28,32H,7,14-19,21H2,(H,31,35). The lowest BCUT2D eigenvalue weighted by atomic mass is 10.0. The van der Waals surface area contributed by atoms with Gasteiger partial charge in [0.2, 0.25) is 5.91 Å². The molecule has 7 nitrogen and oxygen atoms in total. The van der Waals surface area contributed by atoms with Gasteiger partial charge in [-0.15, -0.1) is 11.8 Å². The molecule has 2 N–H and O–H groups in total. The zero-order valence-electron chi connectivity index (χ0n) is 20.5. The van der Waals surface area contributed by atoms with Crippen molar-refractivity contribution in [2.75, 3.05) is 45.0 Å². The SMILES string of the molecule is O=C(NCCCN1CCN(C(c2ccccc2)c2ccccn2)CC1)C1CSC(c2cccnc2)N1. The molecule has 0 aliphatic carbocycles. The van der Waals surface area contributed by atoms with Gasteiger partial charge in [0.1, 0.15) is 0 Å². The van der Waals surface area contributed by atoms with E-state index in [9.17, 15) is 4.79 Å². The van der Waals surface area contributed by atoms with Crippen molar-refractivity contribution >= 4 is 17.7 Å². The van der Waals surface area contributed by atoms with Gasteiger partial charge in [0.25, 0.3) is 0 Å². The summed E-state index contributed by atoms with van der Waals surface area (Å²) in [4.78, 5) is 26.5. The minimum Gasteiger partial charge on any atom is -0.355 e. The van der Waals surface area contributed by atoms with Crippen LogP contribution in [0.2, 0.25) is 0 Å². The summed E-state index contributed by atoms with van der Waals surface area (Å²) in [5, 5.41) is 6.70. The number of carbonyl (C=O) groups is 1. The lowest BCUT2D eigenvalue weighted by Gasteiger charge is -2.39. The van der Waals surface area contributed by atoms with Crippen molar-refractivity contribution in [2.45, 2.75) is 23.9 Å². The number of hydrogen-bond donors (Lipinski definition) is 2. The van der Waals surface area contributed by atoms with Crippen molar-refractivity contribution in [3.63, 3.8) is 0 Å². The Morgan fingerprint density at radius 2 is 1.86 bits per heavy atom. The molecule has 0 saturated carbocycles. The van der Waals surface area contributed by atoms with E-state index in [2.05, 4.69) is 78.9 Å². The molecule has 0 bridgehead atoms. The van der Waals surface area contributed by atoms with E-state index >= 15 is 0 Å². The average Bonchev–Trinajstić information content (AvgIpc) is 3.44. The third-order valence-corrected chi connectivity index (χ3v) is 8.16. The van der Waals surface area contributed by atoms with Crippen LogP contribution in [0.3, 0.4) is 0 Å². The highest BCUT2D eigenvalue weighted by molar-refractivity contribution is 7.99. The molecular formula is C28H34N6OS. The fraction of sp³-hybridized carbons (Fsp3) is 0.393. The van der Waals surface area contributed by atoms with E-state index in [0.717, 1.165) is 56.2 Å². The number of benzene rings is 1. The van der Waals surface area contributed by atoms with Crippen LogP contribution in [-0.4, -0.2) is 76.7 Å². The summed E-state index contributed by atoms with van der Waals surface area (Å²) in [5.74, 6) is 0.881. The van der Waals surface area contributed by atoms with Crippen LogP contribution < -0.4 is 10.6 Å². The Morgan fingerprint density at radius 1 is 1.03 bits per heavy atom. The Balaban J connectivity index is 1.05. The maximum absolute atomic E-state index is 12.6. The van der Waals surface area contributed by atoms with Gasteiger partial charge < -0.3 is 10.2 Å². The van der Waals surface area contributed by atoms with Gasteiger partial charge >= 0.3 is 0 Å². The van der Waals surface area contributed by atoms with E-state index in [4.69, 9.17) is 0 Å². The van der Waals surface area contributed by atoms with Crippen molar-refractivity contribution in [1.82, 2.24) is 30.4 Å². The first-order chi connectivity index (χ1) is 17.8. The minimum atomic E-state index is -0.148. The number of nitrogens with zero attached hydrogens (tertiary/aromatic N) is 4. The van der Waals surface area contributed by atoms with Crippen LogP contribution in [0.1, 0.15) is 34.7 Å². The Kier molecular flexibility index (Phi) is 8.61. The van der Waals surface area contributed by atoms with E-state index in [-0.39, 0.29) is 23.4 Å². The van der Waals surface area contributed by atoms with Crippen molar-refractivity contribution in [3.8, 4) is 0 Å². The number of thioether (sulfide) groups is 1. The highest BCUT2D eigenvalue weighted by atomic mass is 32.2. The van der Waals surface area contributed by atoms with E-state index < -0.39 is 0 Å². The van der Waals surface area contributed by atoms with E-state index in [1.165, 1.54) is 5.56 Å². The monoisotopic (exact) mass is 502 g/mol. The summed E-state index contributed by atoms with van der Waals surface area (Å²) in [6.07, 6.45) is 6.48. The van der Waals surface area contributed by atoms with Gasteiger partial charge in [0.05, 0.1) is 23.2 Å². The highest BCUT2D eigenvalue weighted by Gasteiger charge is 2.30. The van der Waals surface area contributed by atoms with E-state index in [1.54, 1.807) is 18.0 Å². The Bertz CT molecular complexity index is 1040. The maximum atomic E-state index is 12.6. The molecule has 36 heavy (non-hydrogen) atoms. The summed E-state index contributed by atoms with van der Waals surface area (Å²) in [6, 6.07) is 20.9. The number of rotatable bonds is 9. The number of amides is 1. The number of hydrogen-bond acceptors (Lipinski definition) is 7. The third kappa shape index (κ3) is 6.31. The van der Waals surface area contributed by atoms with Crippen LogP contribution in [0.15, 0.2) is 79.3 Å². The van der Waals surface area contributed by atoms with Crippen molar-refractivity contribution < 1.29 is 4.79 Å². The lowest BCUT2D eigenvalue weighted by molar-refractivity contribution is -0.122. The first-order valence-corrected chi connectivity index (χ1v) is 13.8. The zero-order chi connectivity index (χ0) is 24.6. The minimum absolute atomic E-state index is 0.0970. The largest absolute Gasteiger partial charge is 0.355 e. The Morgan fingerprint density at radius 3 is 2.61 bits per heavy atom. The summed E-state index contributed by atoms with van der Waals surface area (Å²) < 4.78 is 0. The predicted molar refractivity (Wildman–Crippen MR) is 145 cm³/mol. The fourth-order valence-corrected chi connectivity index (χ4v) is 6.20. The molecule has 0 spiro atoms. The van der Waals surface area contributed by atoms with Crippen molar-refractivity contribution in [1.29, 1.82) is 0 Å². The first kappa shape index (κ1) is 24.9. The van der Waals surface area contributed by atoms with E-state index in [1.807, 2.05) is 24.5 Å². The van der Waals surface area contributed by atoms with Crippen LogP contribution in [0.4, 0.5) is 0 Å². The molecule has 8 heteroatoms. The van der Waals surface area contributed by atoms with Crippen LogP contribution >= 0.6 is 11.8 Å². The Hall–Kier alpha value is -2.78. The molecule has 2 aliphatic rings. The molecule has 3 unspecified atom stereocenters. The second-order valence-corrected chi connectivity index (χ2v) is 10.4. The lowest BCUT2D eigenvalue weighted by Crippen LogP contribution is -2.48.